The number of rotatable bonds is 4. The van der Waals surface area contributed by atoms with Crippen molar-refractivity contribution in [3.8, 4) is 0 Å². The molecule has 0 saturated carbocycles. The molecule has 0 saturated heterocycles. The van der Waals surface area contributed by atoms with E-state index in [9.17, 15) is 18.4 Å². The van der Waals surface area contributed by atoms with Crippen LogP contribution < -0.4 is 5.56 Å². The summed E-state index contributed by atoms with van der Waals surface area (Å²) in [5, 5.41) is 0. The third-order valence-corrected chi connectivity index (χ3v) is 3.08. The van der Waals surface area contributed by atoms with Gasteiger partial charge in [0.2, 0.25) is 5.69 Å². The summed E-state index contributed by atoms with van der Waals surface area (Å²) in [7, 11) is 0. The van der Waals surface area contributed by atoms with Gasteiger partial charge in [-0.25, -0.2) is 9.78 Å². The first-order chi connectivity index (χ1) is 9.51. The molecule has 1 N–H and O–H groups in total. The zero-order valence-electron chi connectivity index (χ0n) is 10.5. The predicted octanol–water partition coefficient (Wildman–Crippen LogP) is 0.479. The summed E-state index contributed by atoms with van der Waals surface area (Å²) in [5.41, 5.74) is 0.280. The second-order valence-corrected chi connectivity index (χ2v) is 4.83. The third-order valence-electron chi connectivity index (χ3n) is 2.51. The lowest BCUT2D eigenvalue weighted by molar-refractivity contribution is 0.0517. The van der Waals surface area contributed by atoms with E-state index in [4.69, 9.17) is 4.74 Å². The maximum Gasteiger partial charge on any atom is 0.362 e. The fraction of sp³-hybridized carbons (Fsp3) is 0.250. The number of carbonyl (C=O) groups is 1. The lowest BCUT2D eigenvalue weighted by Gasteiger charge is -2.06. The first-order valence-electron chi connectivity index (χ1n) is 5.77. The van der Waals surface area contributed by atoms with Crippen LogP contribution in [0, 0.1) is 0 Å². The van der Waals surface area contributed by atoms with Gasteiger partial charge in [0.15, 0.2) is 0 Å². The maximum absolute atomic E-state index is 11.7. The van der Waals surface area contributed by atoms with Crippen LogP contribution in [0.25, 0.3) is 11.0 Å². The third kappa shape index (κ3) is 3.09. The number of benzene rings is 1. The van der Waals surface area contributed by atoms with Gasteiger partial charge in [0.1, 0.15) is 0 Å². The maximum atomic E-state index is 11.7. The molecule has 20 heavy (non-hydrogen) atoms. The predicted molar refractivity (Wildman–Crippen MR) is 70.9 cm³/mol. The molecule has 2 rings (SSSR count). The minimum atomic E-state index is -2.22. The fourth-order valence-corrected chi connectivity index (χ4v) is 2.15. The number of nitrogens with zero attached hydrogens (tertiary/aromatic N) is 1. The highest BCUT2D eigenvalue weighted by atomic mass is 32.2. The number of nitrogens with one attached hydrogen (secondary N) is 1. The summed E-state index contributed by atoms with van der Waals surface area (Å²) < 4.78 is 26.0. The van der Waals surface area contributed by atoms with E-state index >= 15 is 0 Å². The Kier molecular flexibility index (Phi) is 4.26. The van der Waals surface area contributed by atoms with E-state index < -0.39 is 22.6 Å². The number of carbonyl (C=O) groups excluding carboxylic acids is 1. The second-order valence-electron chi connectivity index (χ2n) is 3.93. The highest BCUT2D eigenvalue weighted by Crippen LogP contribution is 2.12. The van der Waals surface area contributed by atoms with Gasteiger partial charge in [0, 0.05) is 5.75 Å². The zero-order valence-corrected chi connectivity index (χ0v) is 11.4. The molecule has 1 heterocycles. The molecule has 2 aromatic rings. The Morgan fingerprint density at radius 2 is 2.25 bits per heavy atom. The molecule has 0 aliphatic heterocycles. The van der Waals surface area contributed by atoms with Gasteiger partial charge in [-0.15, -0.1) is 0 Å². The summed E-state index contributed by atoms with van der Waals surface area (Å²) >= 11 is -2.22. The first kappa shape index (κ1) is 14.4. The van der Waals surface area contributed by atoms with E-state index in [1.165, 1.54) is 12.1 Å². The van der Waals surface area contributed by atoms with Crippen LogP contribution in [-0.2, 0) is 21.6 Å². The standard InChI is InChI=1S/C12H12N2O5S/c1-2-19-12(16)10-11(15)14-9-5-7(6-20(17)18)3-4-8(9)13-10/h3-5H,2,6H2,1H3,(H,14,15)(H,17,18)/p-1. The van der Waals surface area contributed by atoms with Crippen molar-refractivity contribution in [1.82, 2.24) is 9.97 Å². The molecule has 106 valence electrons. The van der Waals surface area contributed by atoms with E-state index in [0.717, 1.165) is 0 Å². The minimum Gasteiger partial charge on any atom is -0.772 e. The lowest BCUT2D eigenvalue weighted by atomic mass is 10.2. The average Bonchev–Trinajstić information content (AvgIpc) is 2.37. The van der Waals surface area contributed by atoms with E-state index in [0.29, 0.717) is 16.6 Å². The summed E-state index contributed by atoms with van der Waals surface area (Å²) in [4.78, 5) is 29.7. The molecule has 0 aliphatic rings. The van der Waals surface area contributed by atoms with Crippen LogP contribution in [0.1, 0.15) is 23.0 Å². The normalized spacial score (nSPS) is 12.3. The number of hydrogen-bond acceptors (Lipinski definition) is 6. The Morgan fingerprint density at radius 1 is 1.50 bits per heavy atom. The van der Waals surface area contributed by atoms with Crippen molar-refractivity contribution < 1.29 is 18.3 Å². The topological polar surface area (TPSA) is 112 Å². The molecule has 0 bridgehead atoms. The van der Waals surface area contributed by atoms with E-state index in [1.807, 2.05) is 0 Å². The Balaban J connectivity index is 2.48. The molecule has 1 aromatic heterocycles. The number of esters is 1. The molecule has 7 nitrogen and oxygen atoms in total. The van der Waals surface area contributed by atoms with Crippen LogP contribution >= 0.6 is 0 Å². The summed E-state index contributed by atoms with van der Waals surface area (Å²) in [6.45, 7) is 1.77. The molecule has 0 fully saturated rings. The first-order valence-corrected chi connectivity index (χ1v) is 7.01. The molecule has 1 aromatic carbocycles. The van der Waals surface area contributed by atoms with Crippen LogP contribution in [0.3, 0.4) is 0 Å². The van der Waals surface area contributed by atoms with Gasteiger partial charge in [-0.1, -0.05) is 17.1 Å². The smallest absolute Gasteiger partial charge is 0.362 e. The molecule has 0 radical (unpaired) electrons. The molecule has 1 atom stereocenters. The van der Waals surface area contributed by atoms with Crippen LogP contribution in [0.5, 0.6) is 0 Å². The van der Waals surface area contributed by atoms with Crippen molar-refractivity contribution in [3.05, 3.63) is 39.8 Å². The van der Waals surface area contributed by atoms with Gasteiger partial charge in [0.25, 0.3) is 5.56 Å². The van der Waals surface area contributed by atoms with Gasteiger partial charge in [-0.2, -0.15) is 0 Å². The lowest BCUT2D eigenvalue weighted by Crippen LogP contribution is -2.22. The number of ether oxygens (including phenoxy) is 1. The fourth-order valence-electron chi connectivity index (χ4n) is 1.70. The summed E-state index contributed by atoms with van der Waals surface area (Å²) in [6.07, 6.45) is 0. The van der Waals surface area contributed by atoms with E-state index in [-0.39, 0.29) is 18.1 Å². The number of aromatic nitrogens is 2. The summed E-state index contributed by atoms with van der Waals surface area (Å²) in [6, 6.07) is 4.61. The van der Waals surface area contributed by atoms with Crippen LogP contribution in [0.15, 0.2) is 23.0 Å². The van der Waals surface area contributed by atoms with Crippen molar-refractivity contribution in [2.24, 2.45) is 0 Å². The monoisotopic (exact) mass is 295 g/mol. The van der Waals surface area contributed by atoms with E-state index in [2.05, 4.69) is 9.97 Å². The molecule has 8 heteroatoms. The number of fused-ring (bicyclic) bond motifs is 1. The van der Waals surface area contributed by atoms with Gasteiger partial charge in [-0.05, 0) is 24.6 Å². The van der Waals surface area contributed by atoms with Gasteiger partial charge in [0.05, 0.1) is 17.6 Å². The summed E-state index contributed by atoms with van der Waals surface area (Å²) in [5.74, 6) is -0.946. The molecule has 1 unspecified atom stereocenters. The van der Waals surface area contributed by atoms with Gasteiger partial charge in [-0.3, -0.25) is 9.00 Å². The van der Waals surface area contributed by atoms with Crippen LogP contribution in [0.2, 0.25) is 0 Å². The van der Waals surface area contributed by atoms with Crippen molar-refractivity contribution >= 4 is 28.1 Å². The Hall–Kier alpha value is -2.06. The highest BCUT2D eigenvalue weighted by Gasteiger charge is 2.14. The number of hydrogen-bond donors (Lipinski definition) is 1. The van der Waals surface area contributed by atoms with Gasteiger partial charge >= 0.3 is 5.97 Å². The highest BCUT2D eigenvalue weighted by molar-refractivity contribution is 7.78. The average molecular weight is 295 g/mol. The number of H-pyrrole nitrogens is 1. The van der Waals surface area contributed by atoms with E-state index in [1.54, 1.807) is 13.0 Å². The molecule has 0 spiro atoms. The Morgan fingerprint density at radius 3 is 2.90 bits per heavy atom. The van der Waals surface area contributed by atoms with Gasteiger partial charge < -0.3 is 14.3 Å². The quantitative estimate of drug-likeness (QED) is 0.648. The largest absolute Gasteiger partial charge is 0.772 e. The van der Waals surface area contributed by atoms with Crippen LogP contribution in [0.4, 0.5) is 0 Å². The molecular weight excluding hydrogens is 284 g/mol. The van der Waals surface area contributed by atoms with Crippen molar-refractivity contribution in [1.29, 1.82) is 0 Å². The Labute approximate surface area is 116 Å². The van der Waals surface area contributed by atoms with Crippen molar-refractivity contribution in [2.45, 2.75) is 12.7 Å². The number of aromatic amines is 1. The Bertz CT molecular complexity index is 740. The SMILES string of the molecule is CCOC(=O)c1nc2ccc(CS(=O)[O-])cc2[nH]c1=O. The molecule has 0 amide bonds. The molecular formula is C12H11N2O5S-. The second kappa shape index (κ2) is 5.93. The van der Waals surface area contributed by atoms with Crippen LogP contribution in [-0.4, -0.2) is 31.3 Å². The van der Waals surface area contributed by atoms with Crippen molar-refractivity contribution in [2.75, 3.05) is 6.61 Å². The zero-order chi connectivity index (χ0) is 14.7. The molecule has 0 aliphatic carbocycles. The van der Waals surface area contributed by atoms with Crippen molar-refractivity contribution in [3.63, 3.8) is 0 Å². The minimum absolute atomic E-state index is 0.145.